The summed E-state index contributed by atoms with van der Waals surface area (Å²) in [6.45, 7) is 6.45. The van der Waals surface area contributed by atoms with Crippen molar-refractivity contribution >= 4 is 39.4 Å². The van der Waals surface area contributed by atoms with Crippen LogP contribution in [0.15, 0.2) is 42.6 Å². The van der Waals surface area contributed by atoms with Crippen molar-refractivity contribution in [2.24, 2.45) is 0 Å². The first-order valence-corrected chi connectivity index (χ1v) is 12.8. The summed E-state index contributed by atoms with van der Waals surface area (Å²) in [5.74, 6) is 0.698. The number of carbonyl (C=O) groups is 1. The number of nitro benzene ring substituents is 1. The van der Waals surface area contributed by atoms with Crippen LogP contribution in [0.3, 0.4) is 0 Å². The number of ketones is 1. The number of pyridine rings is 1. The zero-order valence-electron chi connectivity index (χ0n) is 19.7. The van der Waals surface area contributed by atoms with Crippen molar-refractivity contribution in [1.82, 2.24) is 9.97 Å². The van der Waals surface area contributed by atoms with E-state index in [0.717, 1.165) is 36.9 Å². The summed E-state index contributed by atoms with van der Waals surface area (Å²) in [7, 11) is 0. The lowest BCUT2D eigenvalue weighted by Crippen LogP contribution is -2.47. The van der Waals surface area contributed by atoms with Crippen molar-refractivity contribution in [3.63, 3.8) is 0 Å². The molecule has 0 saturated carbocycles. The molecule has 35 heavy (non-hydrogen) atoms. The molecule has 0 bridgehead atoms. The Bertz CT molecular complexity index is 1220. The molecule has 2 aliphatic heterocycles. The SMILES string of the molecule is Cc1nc(N2CCCCC2)sc1C(=O)c1ccc(N2CCN(c3ccccn3)CC2)c([N+](=O)[O-])c1. The fourth-order valence-electron chi connectivity index (χ4n) is 4.74. The van der Waals surface area contributed by atoms with Crippen molar-refractivity contribution < 1.29 is 9.72 Å². The van der Waals surface area contributed by atoms with Crippen LogP contribution in [-0.2, 0) is 0 Å². The van der Waals surface area contributed by atoms with Crippen LogP contribution in [0.4, 0.5) is 22.3 Å². The monoisotopic (exact) mass is 492 g/mol. The van der Waals surface area contributed by atoms with Crippen molar-refractivity contribution in [3.8, 4) is 0 Å². The van der Waals surface area contributed by atoms with Crippen molar-refractivity contribution in [1.29, 1.82) is 0 Å². The van der Waals surface area contributed by atoms with Gasteiger partial charge in [-0.05, 0) is 50.5 Å². The summed E-state index contributed by atoms with van der Waals surface area (Å²) in [5, 5.41) is 12.8. The highest BCUT2D eigenvalue weighted by Crippen LogP contribution is 2.34. The molecule has 10 heteroatoms. The third-order valence-corrected chi connectivity index (χ3v) is 7.86. The molecule has 3 aromatic rings. The van der Waals surface area contributed by atoms with Crippen LogP contribution in [0.5, 0.6) is 0 Å². The summed E-state index contributed by atoms with van der Waals surface area (Å²) in [6.07, 6.45) is 5.25. The van der Waals surface area contributed by atoms with E-state index in [2.05, 4.69) is 19.8 Å². The molecule has 0 radical (unpaired) electrons. The minimum atomic E-state index is -0.393. The molecule has 2 aliphatic rings. The van der Waals surface area contributed by atoms with E-state index in [1.165, 1.54) is 23.8 Å². The molecule has 0 spiro atoms. The quantitative estimate of drug-likeness (QED) is 0.285. The topological polar surface area (TPSA) is 95.7 Å². The summed E-state index contributed by atoms with van der Waals surface area (Å²) < 4.78 is 0. The zero-order valence-corrected chi connectivity index (χ0v) is 20.5. The van der Waals surface area contributed by atoms with Gasteiger partial charge in [0.25, 0.3) is 5.69 Å². The summed E-state index contributed by atoms with van der Waals surface area (Å²) >= 11 is 1.39. The molecule has 2 saturated heterocycles. The fourth-order valence-corrected chi connectivity index (χ4v) is 5.82. The van der Waals surface area contributed by atoms with Gasteiger partial charge in [0, 0.05) is 57.1 Å². The van der Waals surface area contributed by atoms with Gasteiger partial charge in [-0.15, -0.1) is 0 Å². The Labute approximate surface area is 208 Å². The first-order valence-electron chi connectivity index (χ1n) is 12.0. The van der Waals surface area contributed by atoms with Crippen LogP contribution in [0.1, 0.15) is 40.2 Å². The van der Waals surface area contributed by atoms with Gasteiger partial charge in [0.15, 0.2) is 5.13 Å². The van der Waals surface area contributed by atoms with Crippen molar-refractivity contribution in [2.45, 2.75) is 26.2 Å². The Morgan fingerprint density at radius 2 is 1.71 bits per heavy atom. The maximum Gasteiger partial charge on any atom is 0.293 e. The lowest BCUT2D eigenvalue weighted by molar-refractivity contribution is -0.384. The van der Waals surface area contributed by atoms with E-state index >= 15 is 0 Å². The van der Waals surface area contributed by atoms with Gasteiger partial charge >= 0.3 is 0 Å². The van der Waals surface area contributed by atoms with Gasteiger partial charge in [0.05, 0.1) is 15.5 Å². The van der Waals surface area contributed by atoms with Crippen LogP contribution in [0.25, 0.3) is 0 Å². The summed E-state index contributed by atoms with van der Waals surface area (Å²) in [4.78, 5) is 40.9. The second-order valence-corrected chi connectivity index (χ2v) is 9.89. The predicted molar refractivity (Wildman–Crippen MR) is 138 cm³/mol. The molecule has 0 unspecified atom stereocenters. The molecule has 0 atom stereocenters. The highest BCUT2D eigenvalue weighted by Gasteiger charge is 2.27. The van der Waals surface area contributed by atoms with Gasteiger partial charge in [0.1, 0.15) is 11.5 Å². The number of thiazole rings is 1. The maximum absolute atomic E-state index is 13.3. The Hall–Kier alpha value is -3.53. The first-order chi connectivity index (χ1) is 17.0. The third kappa shape index (κ3) is 4.84. The smallest absolute Gasteiger partial charge is 0.293 e. The first kappa shape index (κ1) is 23.2. The van der Waals surface area contributed by atoms with Crippen LogP contribution in [0, 0.1) is 17.0 Å². The minimum Gasteiger partial charge on any atom is -0.362 e. The van der Waals surface area contributed by atoms with Crippen LogP contribution in [-0.4, -0.2) is 59.9 Å². The molecule has 1 aromatic carbocycles. The second-order valence-electron chi connectivity index (χ2n) is 8.91. The van der Waals surface area contributed by atoms with E-state index < -0.39 is 4.92 Å². The Morgan fingerprint density at radius 1 is 0.971 bits per heavy atom. The van der Waals surface area contributed by atoms with Gasteiger partial charge in [-0.25, -0.2) is 9.97 Å². The van der Waals surface area contributed by atoms with Gasteiger partial charge < -0.3 is 14.7 Å². The zero-order chi connectivity index (χ0) is 24.4. The molecule has 2 fully saturated rings. The number of piperazine rings is 1. The molecule has 9 nitrogen and oxygen atoms in total. The van der Waals surface area contributed by atoms with Crippen molar-refractivity contribution in [2.75, 3.05) is 54.0 Å². The molecule has 0 amide bonds. The molecule has 5 rings (SSSR count). The second kappa shape index (κ2) is 9.99. The van der Waals surface area contributed by atoms with Gasteiger partial charge in [-0.1, -0.05) is 17.4 Å². The standard InChI is InChI=1S/C25H28N6O3S/c1-18-24(35-25(27-18)30-11-5-2-6-12-30)23(32)19-8-9-20(21(17-19)31(33)34)28-13-15-29(16-14-28)22-7-3-4-10-26-22/h3-4,7-10,17H,2,5-6,11-16H2,1H3. The van der Waals surface area contributed by atoms with E-state index in [4.69, 9.17) is 0 Å². The normalized spacial score (nSPS) is 16.4. The van der Waals surface area contributed by atoms with Crippen LogP contribution >= 0.6 is 11.3 Å². The average Bonchev–Trinajstić information content (AvgIpc) is 3.30. The van der Waals surface area contributed by atoms with E-state index in [1.54, 1.807) is 18.3 Å². The number of aromatic nitrogens is 2. The van der Waals surface area contributed by atoms with Crippen LogP contribution in [0.2, 0.25) is 0 Å². The molecule has 0 aliphatic carbocycles. The molecular formula is C25H28N6O3S. The number of benzene rings is 1. The van der Waals surface area contributed by atoms with Crippen molar-refractivity contribution in [3.05, 3.63) is 68.8 Å². The predicted octanol–water partition coefficient (Wildman–Crippen LogP) is 4.30. The number of hydrogen-bond acceptors (Lipinski definition) is 9. The fraction of sp³-hybridized carbons (Fsp3) is 0.400. The van der Waals surface area contributed by atoms with Crippen LogP contribution < -0.4 is 14.7 Å². The molecular weight excluding hydrogens is 464 g/mol. The number of carbonyl (C=O) groups excluding carboxylic acids is 1. The van der Waals surface area contributed by atoms with Gasteiger partial charge in [-0.2, -0.15) is 0 Å². The number of rotatable bonds is 6. The molecule has 182 valence electrons. The molecule has 4 heterocycles. The highest BCUT2D eigenvalue weighted by molar-refractivity contribution is 7.17. The summed E-state index contributed by atoms with van der Waals surface area (Å²) in [5.41, 5.74) is 1.50. The average molecular weight is 493 g/mol. The lowest BCUT2D eigenvalue weighted by atomic mass is 10.1. The van der Waals surface area contributed by atoms with E-state index in [-0.39, 0.29) is 11.5 Å². The third-order valence-electron chi connectivity index (χ3n) is 6.65. The number of nitrogens with zero attached hydrogens (tertiary/aromatic N) is 6. The number of anilines is 3. The Balaban J connectivity index is 1.35. The van der Waals surface area contributed by atoms with E-state index in [1.807, 2.05) is 30.0 Å². The molecule has 0 N–H and O–H groups in total. The summed E-state index contributed by atoms with van der Waals surface area (Å²) in [6, 6.07) is 10.6. The number of hydrogen-bond donors (Lipinski definition) is 0. The minimum absolute atomic E-state index is 0.0411. The molecule has 2 aromatic heterocycles. The van der Waals surface area contributed by atoms with Gasteiger partial charge in [0.2, 0.25) is 5.78 Å². The Kier molecular flexibility index (Phi) is 6.63. The lowest BCUT2D eigenvalue weighted by Gasteiger charge is -2.36. The highest BCUT2D eigenvalue weighted by atomic mass is 32.1. The Morgan fingerprint density at radius 3 is 2.40 bits per heavy atom. The number of aryl methyl sites for hydroxylation is 1. The van der Waals surface area contributed by atoms with Gasteiger partial charge in [-0.3, -0.25) is 14.9 Å². The van der Waals surface area contributed by atoms with E-state index in [0.29, 0.717) is 48.0 Å². The number of nitro groups is 1. The number of piperidine rings is 1. The maximum atomic E-state index is 13.3. The largest absolute Gasteiger partial charge is 0.362 e. The van der Waals surface area contributed by atoms with E-state index in [9.17, 15) is 14.9 Å².